The van der Waals surface area contributed by atoms with Gasteiger partial charge in [0.25, 0.3) is 0 Å². The van der Waals surface area contributed by atoms with Crippen LogP contribution in [-0.4, -0.2) is 14.5 Å². The van der Waals surface area contributed by atoms with E-state index in [0.29, 0.717) is 5.02 Å². The summed E-state index contributed by atoms with van der Waals surface area (Å²) in [6, 6.07) is 3.36. The summed E-state index contributed by atoms with van der Waals surface area (Å²) < 4.78 is 1.89. The van der Waals surface area contributed by atoms with Crippen LogP contribution in [0.1, 0.15) is 17.6 Å². The van der Waals surface area contributed by atoms with E-state index in [-0.39, 0.29) is 6.04 Å². The van der Waals surface area contributed by atoms with E-state index in [1.807, 2.05) is 23.9 Å². The SMILES string of the molecule is Cn1ccnc1C(NN)c1ccc(Cl)cn1. The largest absolute Gasteiger partial charge is 0.336 e. The number of halogens is 1. The first kappa shape index (κ1) is 11.1. The van der Waals surface area contributed by atoms with E-state index in [2.05, 4.69) is 15.4 Å². The quantitative estimate of drug-likeness (QED) is 0.618. The zero-order chi connectivity index (χ0) is 11.5. The zero-order valence-corrected chi connectivity index (χ0v) is 9.52. The second-order valence-electron chi connectivity index (χ2n) is 3.40. The van der Waals surface area contributed by atoms with Gasteiger partial charge in [0.2, 0.25) is 0 Å². The molecule has 0 aromatic carbocycles. The Hall–Kier alpha value is -1.43. The Morgan fingerprint density at radius 2 is 2.25 bits per heavy atom. The molecule has 0 bridgehead atoms. The number of hydrogen-bond acceptors (Lipinski definition) is 4. The molecule has 0 radical (unpaired) electrons. The van der Waals surface area contributed by atoms with E-state index in [1.165, 1.54) is 0 Å². The van der Waals surface area contributed by atoms with Crippen LogP contribution >= 0.6 is 11.6 Å². The van der Waals surface area contributed by atoms with Crippen LogP contribution in [0, 0.1) is 0 Å². The number of pyridine rings is 1. The maximum atomic E-state index is 5.78. The molecular weight excluding hydrogens is 226 g/mol. The van der Waals surface area contributed by atoms with Gasteiger partial charge in [-0.2, -0.15) is 0 Å². The highest BCUT2D eigenvalue weighted by molar-refractivity contribution is 6.30. The molecule has 5 nitrogen and oxygen atoms in total. The molecule has 3 N–H and O–H groups in total. The number of hydrogen-bond donors (Lipinski definition) is 2. The van der Waals surface area contributed by atoms with Gasteiger partial charge in [0.05, 0.1) is 10.7 Å². The van der Waals surface area contributed by atoms with E-state index < -0.39 is 0 Å². The number of nitrogens with zero attached hydrogens (tertiary/aromatic N) is 3. The standard InChI is InChI=1S/C10H12ClN5/c1-16-5-4-13-10(16)9(15-12)8-3-2-7(11)6-14-8/h2-6,9,15H,12H2,1H3. The highest BCUT2D eigenvalue weighted by Gasteiger charge is 2.17. The van der Waals surface area contributed by atoms with Crippen LogP contribution in [0.4, 0.5) is 0 Å². The van der Waals surface area contributed by atoms with Gasteiger partial charge in [-0.05, 0) is 12.1 Å². The first-order chi connectivity index (χ1) is 7.72. The molecule has 6 heteroatoms. The summed E-state index contributed by atoms with van der Waals surface area (Å²) in [6.45, 7) is 0. The zero-order valence-electron chi connectivity index (χ0n) is 8.76. The highest BCUT2D eigenvalue weighted by Crippen LogP contribution is 2.18. The Balaban J connectivity index is 2.37. The van der Waals surface area contributed by atoms with Crippen LogP contribution in [0.25, 0.3) is 0 Å². The van der Waals surface area contributed by atoms with E-state index in [0.717, 1.165) is 11.5 Å². The van der Waals surface area contributed by atoms with Crippen LogP contribution in [0.3, 0.4) is 0 Å². The number of imidazole rings is 1. The number of aryl methyl sites for hydroxylation is 1. The van der Waals surface area contributed by atoms with E-state index >= 15 is 0 Å². The second-order valence-corrected chi connectivity index (χ2v) is 3.83. The van der Waals surface area contributed by atoms with Gasteiger partial charge in [0.15, 0.2) is 0 Å². The highest BCUT2D eigenvalue weighted by atomic mass is 35.5. The third-order valence-electron chi connectivity index (χ3n) is 2.33. The number of rotatable bonds is 3. The van der Waals surface area contributed by atoms with Crippen molar-refractivity contribution in [3.63, 3.8) is 0 Å². The number of nitrogens with two attached hydrogens (primary N) is 1. The van der Waals surface area contributed by atoms with Crippen LogP contribution in [-0.2, 0) is 7.05 Å². The lowest BCUT2D eigenvalue weighted by Gasteiger charge is -2.14. The Morgan fingerprint density at radius 3 is 2.75 bits per heavy atom. The van der Waals surface area contributed by atoms with Crippen molar-refractivity contribution in [2.24, 2.45) is 12.9 Å². The lowest BCUT2D eigenvalue weighted by Crippen LogP contribution is -2.31. The fourth-order valence-electron chi connectivity index (χ4n) is 1.51. The molecule has 0 aliphatic rings. The van der Waals surface area contributed by atoms with Gasteiger partial charge >= 0.3 is 0 Å². The molecule has 1 atom stereocenters. The van der Waals surface area contributed by atoms with Crippen molar-refractivity contribution >= 4 is 11.6 Å². The Kier molecular flexibility index (Phi) is 3.19. The normalized spacial score (nSPS) is 12.7. The predicted octanol–water partition coefficient (Wildman–Crippen LogP) is 1.02. The average molecular weight is 238 g/mol. The summed E-state index contributed by atoms with van der Waals surface area (Å²) >= 11 is 5.78. The Labute approximate surface area is 98.2 Å². The number of nitrogens with one attached hydrogen (secondary N) is 1. The Morgan fingerprint density at radius 1 is 1.44 bits per heavy atom. The summed E-state index contributed by atoms with van der Waals surface area (Å²) in [7, 11) is 1.91. The van der Waals surface area contributed by atoms with Crippen molar-refractivity contribution in [1.82, 2.24) is 20.0 Å². The molecule has 16 heavy (non-hydrogen) atoms. The molecular formula is C10H12ClN5. The van der Waals surface area contributed by atoms with Gasteiger partial charge < -0.3 is 4.57 Å². The summed E-state index contributed by atoms with van der Waals surface area (Å²) in [6.07, 6.45) is 5.16. The molecule has 0 saturated carbocycles. The van der Waals surface area contributed by atoms with Crippen LogP contribution in [0.5, 0.6) is 0 Å². The lowest BCUT2D eigenvalue weighted by atomic mass is 10.2. The van der Waals surface area contributed by atoms with Gasteiger partial charge in [0, 0.05) is 25.6 Å². The molecule has 2 aromatic heterocycles. The minimum absolute atomic E-state index is 0.239. The van der Waals surface area contributed by atoms with Crippen molar-refractivity contribution in [2.45, 2.75) is 6.04 Å². The maximum absolute atomic E-state index is 5.78. The molecule has 84 valence electrons. The van der Waals surface area contributed by atoms with Crippen LogP contribution in [0.15, 0.2) is 30.7 Å². The average Bonchev–Trinajstić information content (AvgIpc) is 2.69. The minimum Gasteiger partial charge on any atom is -0.336 e. The predicted molar refractivity (Wildman–Crippen MR) is 61.6 cm³/mol. The molecule has 0 fully saturated rings. The first-order valence-corrected chi connectivity index (χ1v) is 5.15. The number of aromatic nitrogens is 3. The number of hydrazine groups is 1. The molecule has 2 rings (SSSR count). The van der Waals surface area contributed by atoms with Crippen molar-refractivity contribution in [2.75, 3.05) is 0 Å². The molecule has 0 spiro atoms. The topological polar surface area (TPSA) is 68.8 Å². The van der Waals surface area contributed by atoms with Crippen molar-refractivity contribution < 1.29 is 0 Å². The summed E-state index contributed by atoms with van der Waals surface area (Å²) in [5, 5.41) is 0.597. The second kappa shape index (κ2) is 4.61. The van der Waals surface area contributed by atoms with E-state index in [1.54, 1.807) is 18.5 Å². The fraction of sp³-hybridized carbons (Fsp3) is 0.200. The van der Waals surface area contributed by atoms with Gasteiger partial charge in [-0.1, -0.05) is 11.6 Å². The molecule has 0 saturated heterocycles. The molecule has 1 unspecified atom stereocenters. The van der Waals surface area contributed by atoms with Gasteiger partial charge in [0.1, 0.15) is 11.9 Å². The smallest absolute Gasteiger partial charge is 0.133 e. The van der Waals surface area contributed by atoms with Gasteiger partial charge in [-0.15, -0.1) is 0 Å². The maximum Gasteiger partial charge on any atom is 0.133 e. The van der Waals surface area contributed by atoms with E-state index in [4.69, 9.17) is 17.4 Å². The molecule has 0 aliphatic carbocycles. The Bertz CT molecular complexity index is 464. The third-order valence-corrected chi connectivity index (χ3v) is 2.55. The summed E-state index contributed by atoms with van der Waals surface area (Å²) in [5.41, 5.74) is 3.47. The lowest BCUT2D eigenvalue weighted by molar-refractivity contribution is 0.567. The van der Waals surface area contributed by atoms with Crippen LogP contribution < -0.4 is 11.3 Å². The molecule has 2 heterocycles. The molecule has 0 aliphatic heterocycles. The van der Waals surface area contributed by atoms with Gasteiger partial charge in [-0.3, -0.25) is 10.8 Å². The molecule has 0 amide bonds. The molecule has 2 aromatic rings. The third kappa shape index (κ3) is 2.06. The minimum atomic E-state index is -0.239. The first-order valence-electron chi connectivity index (χ1n) is 4.77. The van der Waals surface area contributed by atoms with Crippen molar-refractivity contribution in [3.05, 3.63) is 47.3 Å². The van der Waals surface area contributed by atoms with Crippen LogP contribution in [0.2, 0.25) is 5.02 Å². The van der Waals surface area contributed by atoms with Crippen molar-refractivity contribution in [3.8, 4) is 0 Å². The fourth-order valence-corrected chi connectivity index (χ4v) is 1.62. The van der Waals surface area contributed by atoms with Crippen molar-refractivity contribution in [1.29, 1.82) is 0 Å². The summed E-state index contributed by atoms with van der Waals surface area (Å²) in [4.78, 5) is 8.45. The van der Waals surface area contributed by atoms with Gasteiger partial charge in [-0.25, -0.2) is 10.4 Å². The van der Waals surface area contributed by atoms with E-state index in [9.17, 15) is 0 Å². The summed E-state index contributed by atoms with van der Waals surface area (Å²) in [5.74, 6) is 6.33. The monoisotopic (exact) mass is 237 g/mol.